The van der Waals surface area contributed by atoms with E-state index >= 15 is 0 Å². The fraction of sp³-hybridized carbons (Fsp3) is 0.483. The lowest BCUT2D eigenvalue weighted by Crippen LogP contribution is -2.59. The van der Waals surface area contributed by atoms with Crippen molar-refractivity contribution in [3.05, 3.63) is 70.8 Å². The third-order valence-electron chi connectivity index (χ3n) is 5.67. The van der Waals surface area contributed by atoms with Crippen molar-refractivity contribution in [3.63, 3.8) is 0 Å². The van der Waals surface area contributed by atoms with E-state index in [-0.39, 0.29) is 11.7 Å². The third kappa shape index (κ3) is 8.81. The van der Waals surface area contributed by atoms with Crippen LogP contribution in [0.2, 0.25) is 0 Å². The summed E-state index contributed by atoms with van der Waals surface area (Å²) in [6.45, 7) is 15.1. The van der Waals surface area contributed by atoms with Crippen molar-refractivity contribution >= 4 is 30.5 Å². The van der Waals surface area contributed by atoms with Gasteiger partial charge in [0.1, 0.15) is 17.7 Å². The van der Waals surface area contributed by atoms with Crippen molar-refractivity contribution in [2.24, 2.45) is 0 Å². The molecule has 0 radical (unpaired) electrons. The molecule has 8 heteroatoms. The molecule has 0 saturated heterocycles. The molecule has 2 aromatic carbocycles. The number of ether oxygens (including phenoxy) is 1. The Hall–Kier alpha value is -3.00. The molecule has 2 atom stereocenters. The number of nitrogens with one attached hydrogen (secondary N) is 2. The molecular formula is C29H41N3O4S. The third-order valence-corrected chi connectivity index (χ3v) is 6.03. The van der Waals surface area contributed by atoms with Gasteiger partial charge in [-0.05, 0) is 72.1 Å². The number of carbonyl (C=O) groups is 3. The van der Waals surface area contributed by atoms with E-state index in [1.165, 1.54) is 0 Å². The Labute approximate surface area is 226 Å². The summed E-state index contributed by atoms with van der Waals surface area (Å²) in [6.07, 6.45) is -0.717. The van der Waals surface area contributed by atoms with Crippen LogP contribution in [0.5, 0.6) is 0 Å². The standard InChI is InChI=1S/C29H41N3O4S/c1-19-14-15-22(20(2)16-19)24(25(33)30-17-21-12-10-9-11-13-21)32(28(3,4)5)26(34)23(18-37)31-27(35)36-29(6,7)8/h9-16,23-24,37H,17-18H2,1-8H3,(H,30,33)(H,31,35). The van der Waals surface area contributed by atoms with E-state index < -0.39 is 35.2 Å². The summed E-state index contributed by atoms with van der Waals surface area (Å²) in [7, 11) is 0. The molecule has 0 saturated carbocycles. The van der Waals surface area contributed by atoms with E-state index in [0.29, 0.717) is 6.54 Å². The summed E-state index contributed by atoms with van der Waals surface area (Å²) in [5, 5.41) is 5.65. The van der Waals surface area contributed by atoms with Gasteiger partial charge in [-0.15, -0.1) is 0 Å². The summed E-state index contributed by atoms with van der Waals surface area (Å²) in [5.41, 5.74) is 2.12. The minimum Gasteiger partial charge on any atom is -0.444 e. The highest BCUT2D eigenvalue weighted by molar-refractivity contribution is 7.80. The van der Waals surface area contributed by atoms with Gasteiger partial charge in [0.25, 0.3) is 0 Å². The summed E-state index contributed by atoms with van der Waals surface area (Å²) >= 11 is 4.34. The lowest BCUT2D eigenvalue weighted by atomic mass is 9.92. The predicted molar refractivity (Wildman–Crippen MR) is 151 cm³/mol. The Balaban J connectivity index is 2.50. The maximum Gasteiger partial charge on any atom is 0.408 e. The molecule has 0 fully saturated rings. The monoisotopic (exact) mass is 527 g/mol. The fourth-order valence-electron chi connectivity index (χ4n) is 4.06. The van der Waals surface area contributed by atoms with Crippen LogP contribution >= 0.6 is 12.6 Å². The quantitative estimate of drug-likeness (QED) is 0.416. The summed E-state index contributed by atoms with van der Waals surface area (Å²) in [4.78, 5) is 41.9. The first kappa shape index (κ1) is 30.2. The van der Waals surface area contributed by atoms with Crippen LogP contribution in [-0.2, 0) is 20.9 Å². The van der Waals surface area contributed by atoms with Gasteiger partial charge < -0.3 is 20.3 Å². The van der Waals surface area contributed by atoms with Gasteiger partial charge >= 0.3 is 6.09 Å². The zero-order valence-corrected chi connectivity index (χ0v) is 24.1. The molecule has 2 aromatic rings. The molecule has 0 aliphatic rings. The molecule has 202 valence electrons. The smallest absolute Gasteiger partial charge is 0.408 e. The Kier molecular flexibility index (Phi) is 10.2. The Bertz CT molecular complexity index is 1090. The number of alkyl carbamates (subject to hydrolysis) is 1. The van der Waals surface area contributed by atoms with Gasteiger partial charge in [0.2, 0.25) is 11.8 Å². The van der Waals surface area contributed by atoms with Gasteiger partial charge in [-0.2, -0.15) is 12.6 Å². The van der Waals surface area contributed by atoms with E-state index in [9.17, 15) is 14.4 Å². The van der Waals surface area contributed by atoms with Gasteiger partial charge in [-0.1, -0.05) is 54.1 Å². The zero-order valence-electron chi connectivity index (χ0n) is 23.2. The van der Waals surface area contributed by atoms with Crippen molar-refractivity contribution in [1.29, 1.82) is 0 Å². The minimum atomic E-state index is -0.993. The predicted octanol–water partition coefficient (Wildman–Crippen LogP) is 5.11. The second-order valence-corrected chi connectivity index (χ2v) is 11.6. The van der Waals surface area contributed by atoms with Crippen molar-refractivity contribution in [2.75, 3.05) is 5.75 Å². The van der Waals surface area contributed by atoms with Crippen LogP contribution in [0, 0.1) is 13.8 Å². The Morgan fingerprint density at radius 2 is 1.59 bits per heavy atom. The van der Waals surface area contributed by atoms with Crippen molar-refractivity contribution in [1.82, 2.24) is 15.5 Å². The highest BCUT2D eigenvalue weighted by Crippen LogP contribution is 2.32. The first-order valence-electron chi connectivity index (χ1n) is 12.5. The van der Waals surface area contributed by atoms with E-state index in [4.69, 9.17) is 4.74 Å². The number of amides is 3. The molecule has 0 aromatic heterocycles. The van der Waals surface area contributed by atoms with E-state index in [0.717, 1.165) is 22.3 Å². The molecular weight excluding hydrogens is 486 g/mol. The number of hydrogen-bond donors (Lipinski definition) is 3. The maximum absolute atomic E-state index is 14.0. The number of hydrogen-bond acceptors (Lipinski definition) is 5. The zero-order chi connectivity index (χ0) is 28.0. The van der Waals surface area contributed by atoms with E-state index in [1.54, 1.807) is 25.7 Å². The molecule has 0 spiro atoms. The van der Waals surface area contributed by atoms with Gasteiger partial charge in [-0.25, -0.2) is 4.79 Å². The number of nitrogens with zero attached hydrogens (tertiary/aromatic N) is 1. The topological polar surface area (TPSA) is 87.7 Å². The maximum atomic E-state index is 14.0. The van der Waals surface area contributed by atoms with Crippen molar-refractivity contribution < 1.29 is 19.1 Å². The molecule has 2 unspecified atom stereocenters. The van der Waals surface area contributed by atoms with Crippen LogP contribution in [0.1, 0.15) is 69.8 Å². The fourth-order valence-corrected chi connectivity index (χ4v) is 4.31. The van der Waals surface area contributed by atoms with Gasteiger partial charge in [-0.3, -0.25) is 9.59 Å². The average molecular weight is 528 g/mol. The number of thiol groups is 1. The van der Waals surface area contributed by atoms with Crippen LogP contribution in [0.25, 0.3) is 0 Å². The first-order chi connectivity index (χ1) is 17.1. The minimum absolute atomic E-state index is 0.0376. The highest BCUT2D eigenvalue weighted by Gasteiger charge is 2.42. The second kappa shape index (κ2) is 12.5. The average Bonchev–Trinajstić information content (AvgIpc) is 2.78. The molecule has 2 N–H and O–H groups in total. The Morgan fingerprint density at radius 3 is 2.11 bits per heavy atom. The second-order valence-electron chi connectivity index (χ2n) is 11.2. The van der Waals surface area contributed by atoms with Crippen LogP contribution in [0.3, 0.4) is 0 Å². The van der Waals surface area contributed by atoms with Crippen LogP contribution in [0.4, 0.5) is 4.79 Å². The Morgan fingerprint density at radius 1 is 0.973 bits per heavy atom. The normalized spacial score (nSPS) is 13.3. The molecule has 0 heterocycles. The molecule has 37 heavy (non-hydrogen) atoms. The van der Waals surface area contributed by atoms with Crippen LogP contribution < -0.4 is 10.6 Å². The van der Waals surface area contributed by atoms with Crippen LogP contribution in [0.15, 0.2) is 48.5 Å². The number of rotatable bonds is 8. The SMILES string of the molecule is Cc1ccc(C(C(=O)NCc2ccccc2)N(C(=O)C(CS)NC(=O)OC(C)(C)C)C(C)(C)C)c(C)c1. The van der Waals surface area contributed by atoms with Gasteiger partial charge in [0.05, 0.1) is 0 Å². The molecule has 0 aliphatic heterocycles. The van der Waals surface area contributed by atoms with Crippen LogP contribution in [-0.4, -0.2) is 45.7 Å². The summed E-state index contributed by atoms with van der Waals surface area (Å²) in [5.74, 6) is -0.696. The van der Waals surface area contributed by atoms with Gasteiger partial charge in [0, 0.05) is 17.8 Å². The van der Waals surface area contributed by atoms with E-state index in [1.807, 2.05) is 83.1 Å². The molecule has 0 bridgehead atoms. The molecule has 3 amide bonds. The van der Waals surface area contributed by atoms with Crippen molar-refractivity contribution in [2.45, 2.75) is 85.2 Å². The highest BCUT2D eigenvalue weighted by atomic mass is 32.1. The lowest BCUT2D eigenvalue weighted by Gasteiger charge is -2.43. The molecule has 7 nitrogen and oxygen atoms in total. The number of aryl methyl sites for hydroxylation is 2. The summed E-state index contributed by atoms with van der Waals surface area (Å²) < 4.78 is 5.36. The molecule has 2 rings (SSSR count). The largest absolute Gasteiger partial charge is 0.444 e. The first-order valence-corrected chi connectivity index (χ1v) is 13.1. The number of carbonyl (C=O) groups excluding carboxylic acids is 3. The van der Waals surface area contributed by atoms with E-state index in [2.05, 4.69) is 23.3 Å². The summed E-state index contributed by atoms with van der Waals surface area (Å²) in [6, 6.07) is 13.5. The molecule has 0 aliphatic carbocycles. The van der Waals surface area contributed by atoms with Gasteiger partial charge in [0.15, 0.2) is 0 Å². The lowest BCUT2D eigenvalue weighted by molar-refractivity contribution is -0.148. The van der Waals surface area contributed by atoms with Crippen molar-refractivity contribution in [3.8, 4) is 0 Å². The number of benzene rings is 2.